The highest BCUT2D eigenvalue weighted by Crippen LogP contribution is 2.20. The molecule has 0 aliphatic heterocycles. The highest BCUT2D eigenvalue weighted by atomic mass is 32.2. The molecule has 2 aromatic rings. The molecule has 0 saturated carbocycles. The Morgan fingerprint density at radius 3 is 1.97 bits per heavy atom. The van der Waals surface area contributed by atoms with Crippen molar-refractivity contribution in [2.45, 2.75) is 45.7 Å². The van der Waals surface area contributed by atoms with Crippen molar-refractivity contribution in [1.29, 1.82) is 0 Å². The number of hydrogen-bond acceptors (Lipinski definition) is 4. The number of anilines is 1. The summed E-state index contributed by atoms with van der Waals surface area (Å²) in [5.74, 6) is -0.752. The SMILES string of the molecule is C[C@H](C(=O)NC(C)(C)C)N(CCc1ccccc1)C(=O)CN(c1ccccc1)S(=O)(=O)N(C)C. The predicted octanol–water partition coefficient (Wildman–Crippen LogP) is 2.67. The van der Waals surface area contributed by atoms with Crippen molar-refractivity contribution < 1.29 is 18.0 Å². The van der Waals surface area contributed by atoms with Crippen molar-refractivity contribution in [2.24, 2.45) is 0 Å². The van der Waals surface area contributed by atoms with E-state index < -0.39 is 34.2 Å². The van der Waals surface area contributed by atoms with Gasteiger partial charge in [-0.25, -0.2) is 4.31 Å². The monoisotopic (exact) mass is 488 g/mol. The van der Waals surface area contributed by atoms with Gasteiger partial charge in [-0.1, -0.05) is 48.5 Å². The third kappa shape index (κ3) is 7.56. The van der Waals surface area contributed by atoms with E-state index in [4.69, 9.17) is 0 Å². The Morgan fingerprint density at radius 2 is 1.47 bits per heavy atom. The Bertz CT molecular complexity index is 1050. The van der Waals surface area contributed by atoms with Crippen molar-refractivity contribution in [1.82, 2.24) is 14.5 Å². The maximum Gasteiger partial charge on any atom is 0.304 e. The van der Waals surface area contributed by atoms with Crippen LogP contribution < -0.4 is 9.62 Å². The van der Waals surface area contributed by atoms with Gasteiger partial charge in [0.15, 0.2) is 0 Å². The van der Waals surface area contributed by atoms with Crippen LogP contribution in [0.2, 0.25) is 0 Å². The second-order valence-corrected chi connectivity index (χ2v) is 11.4. The molecule has 0 fully saturated rings. The molecule has 8 nitrogen and oxygen atoms in total. The first kappa shape index (κ1) is 27.3. The summed E-state index contributed by atoms with van der Waals surface area (Å²) in [7, 11) is -1.11. The average Bonchev–Trinajstić information content (AvgIpc) is 2.77. The number of para-hydroxylation sites is 1. The molecule has 0 heterocycles. The lowest BCUT2D eigenvalue weighted by atomic mass is 10.1. The van der Waals surface area contributed by atoms with Gasteiger partial charge in [-0.15, -0.1) is 0 Å². The predicted molar refractivity (Wildman–Crippen MR) is 136 cm³/mol. The molecule has 0 aliphatic carbocycles. The molecular weight excluding hydrogens is 452 g/mol. The largest absolute Gasteiger partial charge is 0.350 e. The van der Waals surface area contributed by atoms with Crippen molar-refractivity contribution in [3.8, 4) is 0 Å². The van der Waals surface area contributed by atoms with Gasteiger partial charge in [0, 0.05) is 26.2 Å². The van der Waals surface area contributed by atoms with Crippen molar-refractivity contribution in [3.63, 3.8) is 0 Å². The van der Waals surface area contributed by atoms with E-state index in [2.05, 4.69) is 5.32 Å². The van der Waals surface area contributed by atoms with E-state index in [0.29, 0.717) is 12.1 Å². The Morgan fingerprint density at radius 1 is 0.941 bits per heavy atom. The summed E-state index contributed by atoms with van der Waals surface area (Å²) < 4.78 is 28.3. The van der Waals surface area contributed by atoms with Crippen LogP contribution in [0.3, 0.4) is 0 Å². The standard InChI is InChI=1S/C25H36N4O4S/c1-20(24(31)26-25(2,3)4)28(18-17-21-13-9-7-10-14-21)23(30)19-29(34(32,33)27(5)6)22-15-11-8-12-16-22/h7-16,20H,17-19H2,1-6H3,(H,26,31)/t20-/m1/s1. The second kappa shape index (κ2) is 11.5. The van der Waals surface area contributed by atoms with Crippen molar-refractivity contribution in [2.75, 3.05) is 31.5 Å². The minimum atomic E-state index is -3.94. The number of benzene rings is 2. The molecular formula is C25H36N4O4S. The fraction of sp³-hybridized carbons (Fsp3) is 0.440. The summed E-state index contributed by atoms with van der Waals surface area (Å²) in [4.78, 5) is 27.9. The highest BCUT2D eigenvalue weighted by Gasteiger charge is 2.33. The van der Waals surface area contributed by atoms with E-state index in [0.717, 1.165) is 14.2 Å². The molecule has 2 amide bonds. The number of carbonyl (C=O) groups excluding carboxylic acids is 2. The van der Waals surface area contributed by atoms with Gasteiger partial charge in [0.1, 0.15) is 12.6 Å². The van der Waals surface area contributed by atoms with Gasteiger partial charge in [0.25, 0.3) is 0 Å². The van der Waals surface area contributed by atoms with E-state index in [1.807, 2.05) is 51.1 Å². The fourth-order valence-electron chi connectivity index (χ4n) is 3.36. The zero-order valence-corrected chi connectivity index (χ0v) is 21.7. The fourth-order valence-corrected chi connectivity index (χ4v) is 4.41. The van der Waals surface area contributed by atoms with E-state index in [9.17, 15) is 18.0 Å². The Balaban J connectivity index is 2.36. The van der Waals surface area contributed by atoms with Crippen LogP contribution in [-0.4, -0.2) is 68.2 Å². The molecule has 0 aliphatic rings. The Kier molecular flexibility index (Phi) is 9.23. The quantitative estimate of drug-likeness (QED) is 0.557. The first-order valence-electron chi connectivity index (χ1n) is 11.2. The Hall–Kier alpha value is -2.91. The molecule has 1 N–H and O–H groups in total. The molecule has 0 bridgehead atoms. The van der Waals surface area contributed by atoms with E-state index in [-0.39, 0.29) is 12.5 Å². The Labute approximate surface area is 203 Å². The van der Waals surface area contributed by atoms with Crippen molar-refractivity contribution >= 4 is 27.7 Å². The first-order chi connectivity index (χ1) is 15.8. The molecule has 0 radical (unpaired) electrons. The zero-order valence-electron chi connectivity index (χ0n) is 20.9. The number of carbonyl (C=O) groups is 2. The highest BCUT2D eigenvalue weighted by molar-refractivity contribution is 7.90. The smallest absolute Gasteiger partial charge is 0.304 e. The van der Waals surface area contributed by atoms with E-state index in [1.165, 1.54) is 19.0 Å². The number of nitrogens with zero attached hydrogens (tertiary/aromatic N) is 3. The van der Waals surface area contributed by atoms with Crippen LogP contribution >= 0.6 is 0 Å². The van der Waals surface area contributed by atoms with E-state index >= 15 is 0 Å². The molecule has 34 heavy (non-hydrogen) atoms. The van der Waals surface area contributed by atoms with Gasteiger partial charge >= 0.3 is 10.2 Å². The van der Waals surface area contributed by atoms with Gasteiger partial charge in [0.05, 0.1) is 5.69 Å². The van der Waals surface area contributed by atoms with Crippen LogP contribution in [0, 0.1) is 0 Å². The van der Waals surface area contributed by atoms with Gasteiger partial charge < -0.3 is 10.2 Å². The van der Waals surface area contributed by atoms with Crippen LogP contribution in [0.1, 0.15) is 33.3 Å². The van der Waals surface area contributed by atoms with Crippen LogP contribution in [0.4, 0.5) is 5.69 Å². The third-order valence-electron chi connectivity index (χ3n) is 5.21. The summed E-state index contributed by atoms with van der Waals surface area (Å²) in [6.07, 6.45) is 0.533. The molecule has 1 atom stereocenters. The summed E-state index contributed by atoms with van der Waals surface area (Å²) in [6.45, 7) is 7.12. The minimum absolute atomic E-state index is 0.270. The van der Waals surface area contributed by atoms with E-state index in [1.54, 1.807) is 37.3 Å². The lowest BCUT2D eigenvalue weighted by Gasteiger charge is -2.34. The lowest BCUT2D eigenvalue weighted by Crippen LogP contribution is -2.55. The number of nitrogens with one attached hydrogen (secondary N) is 1. The van der Waals surface area contributed by atoms with Gasteiger partial charge in [0.2, 0.25) is 11.8 Å². The lowest BCUT2D eigenvalue weighted by molar-refractivity contribution is -0.139. The minimum Gasteiger partial charge on any atom is -0.350 e. The van der Waals surface area contributed by atoms with Crippen LogP contribution in [0.25, 0.3) is 0 Å². The van der Waals surface area contributed by atoms with Crippen LogP contribution in [-0.2, 0) is 26.2 Å². The molecule has 2 rings (SSSR count). The normalized spacial score (nSPS) is 12.8. The summed E-state index contributed by atoms with van der Waals surface area (Å²) in [5, 5.41) is 2.91. The summed E-state index contributed by atoms with van der Waals surface area (Å²) >= 11 is 0. The zero-order chi connectivity index (χ0) is 25.5. The van der Waals surface area contributed by atoms with Crippen LogP contribution in [0.15, 0.2) is 60.7 Å². The van der Waals surface area contributed by atoms with Crippen molar-refractivity contribution in [3.05, 3.63) is 66.2 Å². The number of amides is 2. The molecule has 0 aromatic heterocycles. The number of hydrogen-bond donors (Lipinski definition) is 1. The average molecular weight is 489 g/mol. The molecule has 2 aromatic carbocycles. The summed E-state index contributed by atoms with van der Waals surface area (Å²) in [6, 6.07) is 17.3. The molecule has 0 spiro atoms. The molecule has 186 valence electrons. The maximum atomic E-state index is 13.6. The topological polar surface area (TPSA) is 90.0 Å². The third-order valence-corrected chi connectivity index (χ3v) is 7.03. The molecule has 0 saturated heterocycles. The second-order valence-electron chi connectivity index (χ2n) is 9.37. The maximum absolute atomic E-state index is 13.6. The molecule has 0 unspecified atom stereocenters. The van der Waals surface area contributed by atoms with Crippen LogP contribution in [0.5, 0.6) is 0 Å². The number of rotatable bonds is 10. The molecule has 9 heteroatoms. The summed E-state index contributed by atoms with van der Waals surface area (Å²) in [5.41, 5.74) is 0.924. The van der Waals surface area contributed by atoms with Gasteiger partial charge in [-0.3, -0.25) is 9.59 Å². The van der Waals surface area contributed by atoms with Gasteiger partial charge in [-0.2, -0.15) is 12.7 Å². The first-order valence-corrected chi connectivity index (χ1v) is 12.6. The van der Waals surface area contributed by atoms with Gasteiger partial charge in [-0.05, 0) is 51.8 Å².